The van der Waals surface area contributed by atoms with Crippen LogP contribution in [0, 0.1) is 5.92 Å². The minimum atomic E-state index is -0.259. The molecule has 0 radical (unpaired) electrons. The van der Waals surface area contributed by atoms with Crippen molar-refractivity contribution in [2.45, 2.75) is 20.4 Å². The minimum Gasteiger partial charge on any atom is -0.300 e. The molecule has 0 saturated heterocycles. The third-order valence-corrected chi connectivity index (χ3v) is 1.82. The molecule has 0 spiro atoms. The molecular weight excluding hydrogens is 168 g/mol. The summed E-state index contributed by atoms with van der Waals surface area (Å²) in [5.74, 6) is 0.398. The largest absolute Gasteiger partial charge is 0.330 e. The van der Waals surface area contributed by atoms with E-state index in [2.05, 4.69) is 0 Å². The summed E-state index contributed by atoms with van der Waals surface area (Å²) in [4.78, 5) is 22.5. The lowest BCUT2D eigenvalue weighted by molar-refractivity contribution is 0.487. The van der Waals surface area contributed by atoms with Crippen LogP contribution in [0.4, 0.5) is 0 Å². The van der Waals surface area contributed by atoms with Crippen LogP contribution in [0.2, 0.25) is 0 Å². The summed E-state index contributed by atoms with van der Waals surface area (Å²) in [6.45, 7) is 4.70. The Morgan fingerprint density at radius 2 is 2.00 bits per heavy atom. The van der Waals surface area contributed by atoms with Crippen LogP contribution in [-0.4, -0.2) is 9.13 Å². The molecule has 1 rings (SSSR count). The predicted octanol–water partition coefficient (Wildman–Crippen LogP) is 0.203. The Labute approximate surface area is 76.4 Å². The lowest BCUT2D eigenvalue weighted by Crippen LogP contribution is -2.37. The van der Waals surface area contributed by atoms with Crippen molar-refractivity contribution in [3.05, 3.63) is 33.1 Å². The van der Waals surface area contributed by atoms with Crippen molar-refractivity contribution in [2.75, 3.05) is 0 Å². The molecule has 0 fully saturated rings. The maximum Gasteiger partial charge on any atom is 0.330 e. The first-order valence-corrected chi connectivity index (χ1v) is 4.29. The van der Waals surface area contributed by atoms with Gasteiger partial charge in [0.25, 0.3) is 5.56 Å². The highest BCUT2D eigenvalue weighted by Crippen LogP contribution is 1.93. The van der Waals surface area contributed by atoms with Crippen LogP contribution < -0.4 is 11.2 Å². The second kappa shape index (κ2) is 3.60. The first-order valence-electron chi connectivity index (χ1n) is 4.29. The zero-order valence-corrected chi connectivity index (χ0v) is 8.15. The second-order valence-electron chi connectivity index (χ2n) is 3.54. The molecule has 0 bridgehead atoms. The van der Waals surface area contributed by atoms with Gasteiger partial charge in [-0.25, -0.2) is 4.79 Å². The van der Waals surface area contributed by atoms with Crippen LogP contribution >= 0.6 is 0 Å². The van der Waals surface area contributed by atoms with Gasteiger partial charge in [0.05, 0.1) is 0 Å². The van der Waals surface area contributed by atoms with Crippen molar-refractivity contribution >= 4 is 0 Å². The fraction of sp³-hybridized carbons (Fsp3) is 0.556. The van der Waals surface area contributed by atoms with E-state index in [4.69, 9.17) is 0 Å². The molecule has 13 heavy (non-hydrogen) atoms. The van der Waals surface area contributed by atoms with Gasteiger partial charge in [0, 0.05) is 25.9 Å². The van der Waals surface area contributed by atoms with Gasteiger partial charge in [-0.05, 0) is 5.92 Å². The summed E-state index contributed by atoms with van der Waals surface area (Å²) in [6, 6.07) is 1.41. The SMILES string of the molecule is CC(C)Cn1ccc(=O)n(C)c1=O. The molecular formula is C9H14N2O2. The van der Waals surface area contributed by atoms with Crippen molar-refractivity contribution < 1.29 is 0 Å². The molecule has 0 aliphatic rings. The smallest absolute Gasteiger partial charge is 0.300 e. The average molecular weight is 182 g/mol. The van der Waals surface area contributed by atoms with Gasteiger partial charge >= 0.3 is 5.69 Å². The van der Waals surface area contributed by atoms with Crippen molar-refractivity contribution in [3.8, 4) is 0 Å². The van der Waals surface area contributed by atoms with Crippen molar-refractivity contribution in [1.82, 2.24) is 9.13 Å². The van der Waals surface area contributed by atoms with E-state index in [1.165, 1.54) is 13.1 Å². The van der Waals surface area contributed by atoms with Crippen LogP contribution in [-0.2, 0) is 13.6 Å². The molecule has 4 heteroatoms. The maximum atomic E-state index is 11.5. The van der Waals surface area contributed by atoms with Gasteiger partial charge in [0.1, 0.15) is 0 Å². The van der Waals surface area contributed by atoms with E-state index in [9.17, 15) is 9.59 Å². The molecule has 72 valence electrons. The molecule has 0 aliphatic carbocycles. The fourth-order valence-corrected chi connectivity index (χ4v) is 1.15. The second-order valence-corrected chi connectivity index (χ2v) is 3.54. The summed E-state index contributed by atoms with van der Waals surface area (Å²) >= 11 is 0. The number of nitrogens with zero attached hydrogens (tertiary/aromatic N) is 2. The Kier molecular flexibility index (Phi) is 2.70. The van der Waals surface area contributed by atoms with Crippen LogP contribution in [0.3, 0.4) is 0 Å². The lowest BCUT2D eigenvalue weighted by Gasteiger charge is -2.08. The molecule has 1 aromatic heterocycles. The Balaban J connectivity index is 3.19. The molecule has 0 saturated carbocycles. The van der Waals surface area contributed by atoms with Crippen molar-refractivity contribution in [1.29, 1.82) is 0 Å². The Bertz CT molecular complexity index is 401. The highest BCUT2D eigenvalue weighted by atomic mass is 16.2. The highest BCUT2D eigenvalue weighted by molar-refractivity contribution is 4.85. The molecule has 0 unspecified atom stereocenters. The van der Waals surface area contributed by atoms with Crippen LogP contribution in [0.25, 0.3) is 0 Å². The number of hydrogen-bond donors (Lipinski definition) is 0. The van der Waals surface area contributed by atoms with Gasteiger partial charge < -0.3 is 4.57 Å². The average Bonchev–Trinajstić information content (AvgIpc) is 2.06. The van der Waals surface area contributed by atoms with Crippen molar-refractivity contribution in [2.24, 2.45) is 13.0 Å². The van der Waals surface area contributed by atoms with E-state index in [0.29, 0.717) is 12.5 Å². The van der Waals surface area contributed by atoms with Crippen molar-refractivity contribution in [3.63, 3.8) is 0 Å². The Morgan fingerprint density at radius 3 is 2.54 bits per heavy atom. The molecule has 1 heterocycles. The van der Waals surface area contributed by atoms with Gasteiger partial charge in [-0.15, -0.1) is 0 Å². The van der Waals surface area contributed by atoms with Gasteiger partial charge in [-0.3, -0.25) is 9.36 Å². The highest BCUT2D eigenvalue weighted by Gasteiger charge is 2.02. The third-order valence-electron chi connectivity index (χ3n) is 1.82. The van der Waals surface area contributed by atoms with E-state index >= 15 is 0 Å². The predicted molar refractivity (Wildman–Crippen MR) is 50.8 cm³/mol. The zero-order chi connectivity index (χ0) is 10.0. The van der Waals surface area contributed by atoms with Crippen LogP contribution in [0.1, 0.15) is 13.8 Å². The van der Waals surface area contributed by atoms with E-state index in [1.54, 1.807) is 10.8 Å². The summed E-state index contributed by atoms with van der Waals surface area (Å²) in [6.07, 6.45) is 1.55. The summed E-state index contributed by atoms with van der Waals surface area (Å²) in [7, 11) is 1.49. The third kappa shape index (κ3) is 2.08. The Hall–Kier alpha value is -1.32. The lowest BCUT2D eigenvalue weighted by atomic mass is 10.2. The first kappa shape index (κ1) is 9.77. The standard InChI is InChI=1S/C9H14N2O2/c1-7(2)6-11-5-4-8(12)10(3)9(11)13/h4-5,7H,6H2,1-3H3. The quantitative estimate of drug-likeness (QED) is 0.656. The molecule has 4 nitrogen and oxygen atoms in total. The van der Waals surface area contributed by atoms with Crippen LogP contribution in [0.5, 0.6) is 0 Å². The molecule has 1 aromatic rings. The van der Waals surface area contributed by atoms with Crippen LogP contribution in [0.15, 0.2) is 21.9 Å². The van der Waals surface area contributed by atoms with Gasteiger partial charge in [0.15, 0.2) is 0 Å². The van der Waals surface area contributed by atoms with E-state index in [0.717, 1.165) is 4.57 Å². The molecule has 0 aromatic carbocycles. The number of hydrogen-bond acceptors (Lipinski definition) is 2. The molecule has 0 N–H and O–H groups in total. The topological polar surface area (TPSA) is 44.0 Å². The first-order chi connectivity index (χ1) is 6.02. The van der Waals surface area contributed by atoms with Gasteiger partial charge in [-0.2, -0.15) is 0 Å². The summed E-state index contributed by atoms with van der Waals surface area (Å²) in [5, 5.41) is 0. The maximum absolute atomic E-state index is 11.5. The zero-order valence-electron chi connectivity index (χ0n) is 8.15. The van der Waals surface area contributed by atoms with E-state index in [1.807, 2.05) is 13.8 Å². The van der Waals surface area contributed by atoms with Gasteiger partial charge in [0.2, 0.25) is 0 Å². The fourth-order valence-electron chi connectivity index (χ4n) is 1.15. The molecule has 0 amide bonds. The number of rotatable bonds is 2. The number of aromatic nitrogens is 2. The summed E-state index contributed by atoms with van der Waals surface area (Å²) in [5.41, 5.74) is -0.508. The molecule has 0 atom stereocenters. The molecule has 0 aliphatic heterocycles. The normalized spacial score (nSPS) is 10.8. The minimum absolute atomic E-state index is 0.249. The monoisotopic (exact) mass is 182 g/mol. The Morgan fingerprint density at radius 1 is 1.38 bits per heavy atom. The van der Waals surface area contributed by atoms with E-state index in [-0.39, 0.29) is 11.2 Å². The van der Waals surface area contributed by atoms with Gasteiger partial charge in [-0.1, -0.05) is 13.8 Å². The summed E-state index contributed by atoms with van der Waals surface area (Å²) < 4.78 is 2.66. The van der Waals surface area contributed by atoms with E-state index < -0.39 is 0 Å².